The summed E-state index contributed by atoms with van der Waals surface area (Å²) in [6.45, 7) is 1.60. The standard InChI is InChI=1S/C13H14BrN3O/c14-10-6-12(18)17(8-10)5-3-9-7-16-13-11(9)2-1-4-15-13/h1-2,4,7,10H,3,5-6,8H2,(H,15,16). The number of nitrogens with zero attached hydrogens (tertiary/aromatic N) is 2. The molecule has 2 aromatic rings. The molecule has 5 heteroatoms. The average molecular weight is 308 g/mol. The first-order valence-electron chi connectivity index (χ1n) is 6.07. The molecule has 1 atom stereocenters. The van der Waals surface area contributed by atoms with Gasteiger partial charge in [0.1, 0.15) is 5.65 Å². The molecule has 3 heterocycles. The Morgan fingerprint density at radius 3 is 3.22 bits per heavy atom. The van der Waals surface area contributed by atoms with E-state index in [0.717, 1.165) is 30.5 Å². The van der Waals surface area contributed by atoms with Crippen LogP contribution in [0, 0.1) is 0 Å². The minimum atomic E-state index is 0.245. The van der Waals surface area contributed by atoms with Gasteiger partial charge in [0.2, 0.25) is 5.91 Å². The third kappa shape index (κ3) is 2.14. The number of H-pyrrole nitrogens is 1. The predicted octanol–water partition coefficient (Wildman–Crippen LogP) is 2.10. The van der Waals surface area contributed by atoms with Crippen molar-refractivity contribution in [3.63, 3.8) is 0 Å². The third-order valence-electron chi connectivity index (χ3n) is 3.36. The topological polar surface area (TPSA) is 49.0 Å². The largest absolute Gasteiger partial charge is 0.346 e. The number of amides is 1. The van der Waals surface area contributed by atoms with Crippen LogP contribution >= 0.6 is 15.9 Å². The molecule has 0 bridgehead atoms. The highest BCUT2D eigenvalue weighted by atomic mass is 79.9. The van der Waals surface area contributed by atoms with Gasteiger partial charge >= 0.3 is 0 Å². The summed E-state index contributed by atoms with van der Waals surface area (Å²) in [5, 5.41) is 1.15. The zero-order chi connectivity index (χ0) is 12.5. The van der Waals surface area contributed by atoms with E-state index < -0.39 is 0 Å². The van der Waals surface area contributed by atoms with Crippen LogP contribution in [0.5, 0.6) is 0 Å². The van der Waals surface area contributed by atoms with Crippen molar-refractivity contribution < 1.29 is 4.79 Å². The number of hydrogen-bond donors (Lipinski definition) is 1. The smallest absolute Gasteiger partial charge is 0.223 e. The molecule has 0 spiro atoms. The average Bonchev–Trinajstić information content (AvgIpc) is 2.90. The van der Waals surface area contributed by atoms with Crippen molar-refractivity contribution in [2.24, 2.45) is 0 Å². The number of carbonyl (C=O) groups excluding carboxylic acids is 1. The summed E-state index contributed by atoms with van der Waals surface area (Å²) < 4.78 is 0. The fourth-order valence-corrected chi connectivity index (χ4v) is 3.04. The van der Waals surface area contributed by atoms with Crippen LogP contribution < -0.4 is 0 Å². The maximum Gasteiger partial charge on any atom is 0.223 e. The summed E-state index contributed by atoms with van der Waals surface area (Å²) in [6, 6.07) is 4.00. The van der Waals surface area contributed by atoms with Gasteiger partial charge in [0.05, 0.1) is 0 Å². The Labute approximate surface area is 114 Å². The molecule has 1 saturated heterocycles. The second kappa shape index (κ2) is 4.72. The highest BCUT2D eigenvalue weighted by molar-refractivity contribution is 9.09. The molecule has 3 rings (SSSR count). The highest BCUT2D eigenvalue weighted by Crippen LogP contribution is 2.20. The molecule has 1 amide bonds. The third-order valence-corrected chi connectivity index (χ3v) is 3.97. The van der Waals surface area contributed by atoms with Gasteiger partial charge in [0.15, 0.2) is 0 Å². The number of aromatic nitrogens is 2. The van der Waals surface area contributed by atoms with Crippen molar-refractivity contribution in [1.82, 2.24) is 14.9 Å². The van der Waals surface area contributed by atoms with E-state index in [1.54, 1.807) is 6.20 Å². The van der Waals surface area contributed by atoms with Gasteiger partial charge in [0.25, 0.3) is 0 Å². The monoisotopic (exact) mass is 307 g/mol. The Morgan fingerprint density at radius 2 is 2.44 bits per heavy atom. The van der Waals surface area contributed by atoms with Crippen LogP contribution in [0.3, 0.4) is 0 Å². The SMILES string of the molecule is O=C1CC(Br)CN1CCc1c[nH]c2ncccc12. The minimum Gasteiger partial charge on any atom is -0.346 e. The Hall–Kier alpha value is -1.36. The van der Waals surface area contributed by atoms with Crippen LogP contribution in [0.4, 0.5) is 0 Å². The lowest BCUT2D eigenvalue weighted by Gasteiger charge is -2.15. The number of rotatable bonds is 3. The summed E-state index contributed by atoms with van der Waals surface area (Å²) in [5.74, 6) is 0.245. The van der Waals surface area contributed by atoms with E-state index >= 15 is 0 Å². The summed E-state index contributed by atoms with van der Waals surface area (Å²) in [7, 11) is 0. The lowest BCUT2D eigenvalue weighted by atomic mass is 10.1. The summed E-state index contributed by atoms with van der Waals surface area (Å²) in [5.41, 5.74) is 2.14. The van der Waals surface area contributed by atoms with Gasteiger partial charge in [-0.2, -0.15) is 0 Å². The lowest BCUT2D eigenvalue weighted by molar-refractivity contribution is -0.127. The zero-order valence-electron chi connectivity index (χ0n) is 9.90. The van der Waals surface area contributed by atoms with Crippen molar-refractivity contribution in [2.75, 3.05) is 13.1 Å². The maximum absolute atomic E-state index is 11.7. The van der Waals surface area contributed by atoms with E-state index in [-0.39, 0.29) is 5.91 Å². The van der Waals surface area contributed by atoms with E-state index in [1.807, 2.05) is 17.2 Å². The summed E-state index contributed by atoms with van der Waals surface area (Å²) >= 11 is 3.50. The molecule has 1 unspecified atom stereocenters. The van der Waals surface area contributed by atoms with Crippen LogP contribution in [0.2, 0.25) is 0 Å². The minimum absolute atomic E-state index is 0.245. The van der Waals surface area contributed by atoms with Gasteiger partial charge in [-0.05, 0) is 24.1 Å². The molecular weight excluding hydrogens is 294 g/mol. The van der Waals surface area contributed by atoms with Crippen LogP contribution in [-0.4, -0.2) is 38.7 Å². The first kappa shape index (κ1) is 11.7. The Kier molecular flexibility index (Phi) is 3.07. The van der Waals surface area contributed by atoms with Gasteiger partial charge in [-0.25, -0.2) is 4.98 Å². The number of likely N-dealkylation sites (tertiary alicyclic amines) is 1. The van der Waals surface area contributed by atoms with Gasteiger partial charge in [0, 0.05) is 42.1 Å². The lowest BCUT2D eigenvalue weighted by Crippen LogP contribution is -2.27. The van der Waals surface area contributed by atoms with E-state index in [0.29, 0.717) is 11.2 Å². The molecule has 0 aromatic carbocycles. The normalized spacial score (nSPS) is 19.9. The molecule has 0 aliphatic carbocycles. The fourth-order valence-electron chi connectivity index (χ4n) is 2.41. The van der Waals surface area contributed by atoms with Gasteiger partial charge < -0.3 is 9.88 Å². The molecule has 1 aliphatic heterocycles. The predicted molar refractivity (Wildman–Crippen MR) is 73.7 cm³/mol. The van der Waals surface area contributed by atoms with E-state index in [4.69, 9.17) is 0 Å². The number of nitrogens with one attached hydrogen (secondary N) is 1. The van der Waals surface area contributed by atoms with Gasteiger partial charge in [-0.15, -0.1) is 0 Å². The Morgan fingerprint density at radius 1 is 1.56 bits per heavy atom. The number of halogens is 1. The van der Waals surface area contributed by atoms with Crippen molar-refractivity contribution in [3.8, 4) is 0 Å². The first-order chi connectivity index (χ1) is 8.74. The molecule has 1 N–H and O–H groups in total. The number of pyridine rings is 1. The van der Waals surface area contributed by atoms with Crippen molar-refractivity contribution in [3.05, 3.63) is 30.1 Å². The molecule has 94 valence electrons. The highest BCUT2D eigenvalue weighted by Gasteiger charge is 2.27. The number of hydrogen-bond acceptors (Lipinski definition) is 2. The number of alkyl halides is 1. The molecule has 0 radical (unpaired) electrons. The van der Waals surface area contributed by atoms with Crippen LogP contribution in [-0.2, 0) is 11.2 Å². The molecule has 0 saturated carbocycles. The molecule has 2 aromatic heterocycles. The molecule has 18 heavy (non-hydrogen) atoms. The quantitative estimate of drug-likeness (QED) is 0.883. The molecule has 1 fully saturated rings. The number of carbonyl (C=O) groups is 1. The van der Waals surface area contributed by atoms with E-state index in [2.05, 4.69) is 32.0 Å². The van der Waals surface area contributed by atoms with Crippen molar-refractivity contribution in [1.29, 1.82) is 0 Å². The van der Waals surface area contributed by atoms with Gasteiger partial charge in [-0.3, -0.25) is 4.79 Å². The van der Waals surface area contributed by atoms with Gasteiger partial charge in [-0.1, -0.05) is 15.9 Å². The second-order valence-electron chi connectivity index (χ2n) is 4.60. The fraction of sp³-hybridized carbons (Fsp3) is 0.385. The molecular formula is C13H14BrN3O. The van der Waals surface area contributed by atoms with Crippen LogP contribution in [0.1, 0.15) is 12.0 Å². The number of fused-ring (bicyclic) bond motifs is 1. The van der Waals surface area contributed by atoms with E-state index in [1.165, 1.54) is 5.56 Å². The second-order valence-corrected chi connectivity index (χ2v) is 5.90. The molecule has 4 nitrogen and oxygen atoms in total. The maximum atomic E-state index is 11.7. The Bertz CT molecular complexity index is 580. The molecule has 1 aliphatic rings. The van der Waals surface area contributed by atoms with E-state index in [9.17, 15) is 4.79 Å². The summed E-state index contributed by atoms with van der Waals surface area (Å²) in [6.07, 6.45) is 5.26. The van der Waals surface area contributed by atoms with Crippen molar-refractivity contribution >= 4 is 32.9 Å². The summed E-state index contributed by atoms with van der Waals surface area (Å²) in [4.78, 5) is 21.3. The zero-order valence-corrected chi connectivity index (χ0v) is 11.5. The first-order valence-corrected chi connectivity index (χ1v) is 6.98. The van der Waals surface area contributed by atoms with Crippen LogP contribution in [0.15, 0.2) is 24.5 Å². The van der Waals surface area contributed by atoms with Crippen molar-refractivity contribution in [2.45, 2.75) is 17.7 Å². The number of aromatic amines is 1. The Balaban J connectivity index is 1.72. The van der Waals surface area contributed by atoms with Crippen LogP contribution in [0.25, 0.3) is 11.0 Å².